The number of carbonyl (C=O) groups excluding carboxylic acids is 1. The van der Waals surface area contributed by atoms with Gasteiger partial charge in [-0.3, -0.25) is 4.79 Å². The molecule has 0 aromatic heterocycles. The fourth-order valence-electron chi connectivity index (χ4n) is 3.30. The summed E-state index contributed by atoms with van der Waals surface area (Å²) in [7, 11) is 0. The first-order valence-electron chi connectivity index (χ1n) is 9.14. The largest absolute Gasteiger partial charge is 0.326 e. The van der Waals surface area contributed by atoms with E-state index >= 15 is 0 Å². The Morgan fingerprint density at radius 1 is 0.769 bits per heavy atom. The number of nitrogens with one attached hydrogen (secondary N) is 1. The molecule has 0 aliphatic carbocycles. The van der Waals surface area contributed by atoms with Gasteiger partial charge < -0.3 is 5.32 Å². The van der Waals surface area contributed by atoms with E-state index in [2.05, 4.69) is 49.5 Å². The van der Waals surface area contributed by atoms with Crippen LogP contribution < -0.4 is 5.32 Å². The third-order valence-corrected chi connectivity index (χ3v) is 4.65. The molecule has 3 rings (SSSR count). The number of amides is 1. The number of anilines is 1. The first-order chi connectivity index (χ1) is 12.6. The standard InChI is InChI=1S/C24H25NO/c1-18(2)21-15-9-10-16-23(21)25-24(26)17-22(19-11-5-3-6-12-19)20-13-7-4-8-14-20/h3-16,18,22H,17H2,1-2H3,(H,25,26). The van der Waals surface area contributed by atoms with E-state index in [4.69, 9.17) is 0 Å². The fraction of sp³-hybridized carbons (Fsp3) is 0.208. The summed E-state index contributed by atoms with van der Waals surface area (Å²) in [5.74, 6) is 0.449. The van der Waals surface area contributed by atoms with Crippen molar-refractivity contribution >= 4 is 11.6 Å². The molecule has 1 amide bonds. The number of rotatable bonds is 6. The molecule has 2 heteroatoms. The highest BCUT2D eigenvalue weighted by molar-refractivity contribution is 5.92. The van der Waals surface area contributed by atoms with Crippen molar-refractivity contribution in [1.82, 2.24) is 0 Å². The summed E-state index contributed by atoms with van der Waals surface area (Å²) in [6.45, 7) is 4.28. The predicted molar refractivity (Wildman–Crippen MR) is 109 cm³/mol. The zero-order chi connectivity index (χ0) is 18.4. The van der Waals surface area contributed by atoms with Crippen molar-refractivity contribution < 1.29 is 4.79 Å². The molecule has 0 aliphatic rings. The summed E-state index contributed by atoms with van der Waals surface area (Å²) in [6.07, 6.45) is 0.417. The third-order valence-electron chi connectivity index (χ3n) is 4.65. The number of carbonyl (C=O) groups is 1. The topological polar surface area (TPSA) is 29.1 Å². The van der Waals surface area contributed by atoms with Gasteiger partial charge >= 0.3 is 0 Å². The van der Waals surface area contributed by atoms with Gasteiger partial charge in [-0.05, 0) is 28.7 Å². The molecule has 3 aromatic carbocycles. The minimum atomic E-state index is 0.0378. The molecule has 132 valence electrons. The highest BCUT2D eigenvalue weighted by Gasteiger charge is 2.19. The zero-order valence-corrected chi connectivity index (χ0v) is 15.4. The van der Waals surface area contributed by atoms with Gasteiger partial charge in [0.2, 0.25) is 5.91 Å². The van der Waals surface area contributed by atoms with Gasteiger partial charge in [-0.1, -0.05) is 92.7 Å². The summed E-state index contributed by atoms with van der Waals surface area (Å²) in [5, 5.41) is 3.12. The third kappa shape index (κ3) is 4.40. The van der Waals surface area contributed by atoms with Gasteiger partial charge in [0.05, 0.1) is 0 Å². The lowest BCUT2D eigenvalue weighted by atomic mass is 9.88. The van der Waals surface area contributed by atoms with Crippen molar-refractivity contribution in [3.8, 4) is 0 Å². The van der Waals surface area contributed by atoms with Crippen LogP contribution in [0.3, 0.4) is 0 Å². The molecule has 0 spiro atoms. The maximum atomic E-state index is 12.8. The number of para-hydroxylation sites is 1. The Morgan fingerprint density at radius 2 is 1.27 bits per heavy atom. The van der Waals surface area contributed by atoms with E-state index < -0.39 is 0 Å². The molecule has 0 bridgehead atoms. The van der Waals surface area contributed by atoms with E-state index in [1.54, 1.807) is 0 Å². The normalized spacial score (nSPS) is 10.9. The van der Waals surface area contributed by atoms with Crippen LogP contribution in [0.15, 0.2) is 84.9 Å². The van der Waals surface area contributed by atoms with Crippen molar-refractivity contribution in [3.63, 3.8) is 0 Å². The Kier molecular flexibility index (Phi) is 5.85. The molecule has 0 atom stereocenters. The molecule has 2 nitrogen and oxygen atoms in total. The van der Waals surface area contributed by atoms with Crippen LogP contribution >= 0.6 is 0 Å². The number of benzene rings is 3. The van der Waals surface area contributed by atoms with Gasteiger partial charge in [-0.25, -0.2) is 0 Å². The maximum absolute atomic E-state index is 12.8. The van der Waals surface area contributed by atoms with Gasteiger partial charge in [0, 0.05) is 18.0 Å². The van der Waals surface area contributed by atoms with Crippen LogP contribution in [0.4, 0.5) is 5.69 Å². The minimum Gasteiger partial charge on any atom is -0.326 e. The maximum Gasteiger partial charge on any atom is 0.225 e. The first-order valence-corrected chi connectivity index (χ1v) is 9.14. The molecule has 0 aliphatic heterocycles. The van der Waals surface area contributed by atoms with Crippen LogP contribution in [-0.2, 0) is 4.79 Å². The molecule has 0 radical (unpaired) electrons. The van der Waals surface area contributed by atoms with E-state index in [1.807, 2.05) is 54.6 Å². The summed E-state index contributed by atoms with van der Waals surface area (Å²) in [6, 6.07) is 28.5. The van der Waals surface area contributed by atoms with E-state index in [0.29, 0.717) is 12.3 Å². The molecule has 0 unspecified atom stereocenters. The minimum absolute atomic E-state index is 0.0378. The van der Waals surface area contributed by atoms with E-state index in [-0.39, 0.29) is 11.8 Å². The van der Waals surface area contributed by atoms with Crippen LogP contribution in [0.25, 0.3) is 0 Å². The lowest BCUT2D eigenvalue weighted by molar-refractivity contribution is -0.116. The lowest BCUT2D eigenvalue weighted by Crippen LogP contribution is -2.17. The van der Waals surface area contributed by atoms with E-state index in [9.17, 15) is 4.79 Å². The van der Waals surface area contributed by atoms with E-state index in [1.165, 1.54) is 0 Å². The van der Waals surface area contributed by atoms with Gasteiger partial charge in [0.25, 0.3) is 0 Å². The smallest absolute Gasteiger partial charge is 0.225 e. The van der Waals surface area contributed by atoms with Gasteiger partial charge in [0.15, 0.2) is 0 Å². The predicted octanol–water partition coefficient (Wildman–Crippen LogP) is 5.97. The monoisotopic (exact) mass is 343 g/mol. The van der Waals surface area contributed by atoms with Crippen molar-refractivity contribution in [3.05, 3.63) is 102 Å². The number of hydrogen-bond donors (Lipinski definition) is 1. The van der Waals surface area contributed by atoms with Crippen molar-refractivity contribution in [2.45, 2.75) is 32.1 Å². The Hall–Kier alpha value is -2.87. The quantitative estimate of drug-likeness (QED) is 0.587. The molecule has 26 heavy (non-hydrogen) atoms. The molecule has 3 aromatic rings. The number of hydrogen-bond acceptors (Lipinski definition) is 1. The average Bonchev–Trinajstić information content (AvgIpc) is 2.68. The summed E-state index contributed by atoms with van der Waals surface area (Å²) >= 11 is 0. The van der Waals surface area contributed by atoms with Crippen LogP contribution in [0.2, 0.25) is 0 Å². The van der Waals surface area contributed by atoms with Gasteiger partial charge in [-0.15, -0.1) is 0 Å². The Bertz CT molecular complexity index is 801. The second-order valence-corrected chi connectivity index (χ2v) is 6.87. The summed E-state index contributed by atoms with van der Waals surface area (Å²) < 4.78 is 0. The molecule has 1 N–H and O–H groups in total. The summed E-state index contributed by atoms with van der Waals surface area (Å²) in [4.78, 5) is 12.8. The van der Waals surface area contributed by atoms with E-state index in [0.717, 1.165) is 22.4 Å². The average molecular weight is 343 g/mol. The van der Waals surface area contributed by atoms with Gasteiger partial charge in [-0.2, -0.15) is 0 Å². The zero-order valence-electron chi connectivity index (χ0n) is 15.4. The Labute approximate surface area is 155 Å². The molecule has 0 fully saturated rings. The molecular formula is C24H25NO. The Balaban J connectivity index is 1.83. The highest BCUT2D eigenvalue weighted by Crippen LogP contribution is 2.29. The van der Waals surface area contributed by atoms with Crippen LogP contribution in [0, 0.1) is 0 Å². The molecular weight excluding hydrogens is 318 g/mol. The lowest BCUT2D eigenvalue weighted by Gasteiger charge is -2.19. The molecule has 0 heterocycles. The second-order valence-electron chi connectivity index (χ2n) is 6.87. The fourth-order valence-corrected chi connectivity index (χ4v) is 3.30. The van der Waals surface area contributed by atoms with Crippen LogP contribution in [-0.4, -0.2) is 5.91 Å². The summed E-state index contributed by atoms with van der Waals surface area (Å²) in [5.41, 5.74) is 4.39. The Morgan fingerprint density at radius 3 is 1.81 bits per heavy atom. The van der Waals surface area contributed by atoms with Crippen molar-refractivity contribution in [2.75, 3.05) is 5.32 Å². The highest BCUT2D eigenvalue weighted by atomic mass is 16.1. The van der Waals surface area contributed by atoms with Crippen molar-refractivity contribution in [2.24, 2.45) is 0 Å². The van der Waals surface area contributed by atoms with Crippen molar-refractivity contribution in [1.29, 1.82) is 0 Å². The van der Waals surface area contributed by atoms with Gasteiger partial charge in [0.1, 0.15) is 0 Å². The SMILES string of the molecule is CC(C)c1ccccc1NC(=O)CC(c1ccccc1)c1ccccc1. The van der Waals surface area contributed by atoms with Crippen LogP contribution in [0.1, 0.15) is 48.8 Å². The first kappa shape index (κ1) is 17.9. The second kappa shape index (κ2) is 8.48. The molecule has 0 saturated carbocycles. The van der Waals surface area contributed by atoms with Crippen LogP contribution in [0.5, 0.6) is 0 Å². The molecule has 0 saturated heterocycles.